The van der Waals surface area contributed by atoms with Crippen LogP contribution in [-0.4, -0.2) is 27.9 Å². The Bertz CT molecular complexity index is 359. The molecule has 1 aliphatic carbocycles. The molecule has 2 rings (SSSR count). The van der Waals surface area contributed by atoms with Gasteiger partial charge in [-0.25, -0.2) is 4.98 Å². The molecular weight excluding hydrogens is 222 g/mol. The summed E-state index contributed by atoms with van der Waals surface area (Å²) in [5, 5.41) is 2.92. The normalized spacial score (nSPS) is 19.2. The number of nitrogens with zero attached hydrogens (tertiary/aromatic N) is 2. The Hall–Kier alpha value is -0.940. The van der Waals surface area contributed by atoms with Crippen molar-refractivity contribution >= 4 is 17.2 Å². The highest BCUT2D eigenvalue weighted by molar-refractivity contribution is 7.09. The van der Waals surface area contributed by atoms with Crippen molar-refractivity contribution in [3.05, 3.63) is 16.6 Å². The highest BCUT2D eigenvalue weighted by atomic mass is 32.1. The summed E-state index contributed by atoms with van der Waals surface area (Å²) in [5.41, 5.74) is 5.69. The number of hydrogen-bond acceptors (Lipinski definition) is 4. The van der Waals surface area contributed by atoms with Crippen molar-refractivity contribution in [2.75, 3.05) is 0 Å². The summed E-state index contributed by atoms with van der Waals surface area (Å²) >= 11 is 1.59. The molecule has 1 aromatic rings. The van der Waals surface area contributed by atoms with Crippen molar-refractivity contribution < 1.29 is 4.79 Å². The maximum absolute atomic E-state index is 12.0. The average Bonchev–Trinajstić information content (AvgIpc) is 2.93. The summed E-state index contributed by atoms with van der Waals surface area (Å²) in [6.45, 7) is 3.77. The maximum Gasteiger partial charge on any atom is 0.240 e. The van der Waals surface area contributed by atoms with E-state index < -0.39 is 6.04 Å². The van der Waals surface area contributed by atoms with Crippen molar-refractivity contribution in [3.63, 3.8) is 0 Å². The SMILES string of the molecule is CC(N)C(=O)N(C1CC1)[C@@H](C)c1nccs1. The third-order valence-corrected chi connectivity index (χ3v) is 3.76. The Kier molecular flexibility index (Phi) is 3.25. The Balaban J connectivity index is 2.16. The third kappa shape index (κ3) is 2.25. The number of nitrogens with two attached hydrogens (primary N) is 1. The molecule has 1 amide bonds. The van der Waals surface area contributed by atoms with Gasteiger partial charge < -0.3 is 10.6 Å². The highest BCUT2D eigenvalue weighted by Gasteiger charge is 2.37. The molecule has 4 nitrogen and oxygen atoms in total. The molecule has 0 aromatic carbocycles. The fraction of sp³-hybridized carbons (Fsp3) is 0.636. The molecule has 0 saturated heterocycles. The molecule has 0 bridgehead atoms. The number of amides is 1. The maximum atomic E-state index is 12.0. The zero-order valence-corrected chi connectivity index (χ0v) is 10.4. The van der Waals surface area contributed by atoms with Crippen LogP contribution < -0.4 is 5.73 Å². The molecule has 1 aliphatic rings. The van der Waals surface area contributed by atoms with Crippen LogP contribution in [0.1, 0.15) is 37.7 Å². The van der Waals surface area contributed by atoms with E-state index in [4.69, 9.17) is 5.73 Å². The van der Waals surface area contributed by atoms with Gasteiger partial charge in [0.25, 0.3) is 0 Å². The first-order valence-electron chi connectivity index (χ1n) is 5.58. The molecule has 1 aromatic heterocycles. The Morgan fingerprint density at radius 1 is 1.62 bits per heavy atom. The second-order valence-electron chi connectivity index (χ2n) is 4.31. The second kappa shape index (κ2) is 4.51. The summed E-state index contributed by atoms with van der Waals surface area (Å²) < 4.78 is 0. The lowest BCUT2D eigenvalue weighted by Crippen LogP contribution is -2.44. The topological polar surface area (TPSA) is 59.2 Å². The summed E-state index contributed by atoms with van der Waals surface area (Å²) in [5.74, 6) is 0.0326. The van der Waals surface area contributed by atoms with Crippen LogP contribution in [0.5, 0.6) is 0 Å². The van der Waals surface area contributed by atoms with E-state index in [9.17, 15) is 4.79 Å². The molecule has 0 radical (unpaired) electrons. The summed E-state index contributed by atoms with van der Waals surface area (Å²) in [4.78, 5) is 18.2. The summed E-state index contributed by atoms with van der Waals surface area (Å²) in [6, 6.07) is -0.00795. The van der Waals surface area contributed by atoms with Crippen molar-refractivity contribution in [1.29, 1.82) is 0 Å². The average molecular weight is 239 g/mol. The predicted octanol–water partition coefficient (Wildman–Crippen LogP) is 1.54. The standard InChI is InChI=1S/C11H17N3OS/c1-7(12)11(15)14(9-3-4-9)8(2)10-13-5-6-16-10/h5-9H,3-4,12H2,1-2H3/t7?,8-/m0/s1. The molecule has 0 aliphatic heterocycles. The first-order valence-corrected chi connectivity index (χ1v) is 6.46. The van der Waals surface area contributed by atoms with Crippen LogP contribution in [0.4, 0.5) is 0 Å². The van der Waals surface area contributed by atoms with Crippen LogP contribution in [0.25, 0.3) is 0 Å². The van der Waals surface area contributed by atoms with Crippen molar-refractivity contribution in [2.45, 2.75) is 44.8 Å². The van der Waals surface area contributed by atoms with Crippen LogP contribution in [-0.2, 0) is 4.79 Å². The van der Waals surface area contributed by atoms with E-state index in [0.29, 0.717) is 6.04 Å². The predicted molar refractivity (Wildman–Crippen MR) is 64.0 cm³/mol. The quantitative estimate of drug-likeness (QED) is 0.867. The lowest BCUT2D eigenvalue weighted by Gasteiger charge is -2.29. The molecule has 16 heavy (non-hydrogen) atoms. The first kappa shape index (κ1) is 11.5. The zero-order chi connectivity index (χ0) is 11.7. The lowest BCUT2D eigenvalue weighted by atomic mass is 10.2. The second-order valence-corrected chi connectivity index (χ2v) is 5.24. The van der Waals surface area contributed by atoms with Crippen LogP contribution >= 0.6 is 11.3 Å². The minimum atomic E-state index is -0.428. The van der Waals surface area contributed by atoms with Crippen molar-refractivity contribution in [2.24, 2.45) is 5.73 Å². The fourth-order valence-corrected chi connectivity index (χ4v) is 2.53. The minimum absolute atomic E-state index is 0.0326. The molecule has 2 atom stereocenters. The van der Waals surface area contributed by atoms with Gasteiger partial charge in [0.2, 0.25) is 5.91 Å². The van der Waals surface area contributed by atoms with E-state index in [0.717, 1.165) is 17.8 Å². The van der Waals surface area contributed by atoms with Crippen molar-refractivity contribution in [3.8, 4) is 0 Å². The van der Waals surface area contributed by atoms with Gasteiger partial charge >= 0.3 is 0 Å². The van der Waals surface area contributed by atoms with Gasteiger partial charge in [-0.1, -0.05) is 0 Å². The summed E-state index contributed by atoms with van der Waals surface area (Å²) in [7, 11) is 0. The highest BCUT2D eigenvalue weighted by Crippen LogP contribution is 2.35. The van der Waals surface area contributed by atoms with Crippen molar-refractivity contribution in [1.82, 2.24) is 9.88 Å². The van der Waals surface area contributed by atoms with Crippen LogP contribution in [0, 0.1) is 0 Å². The molecule has 1 saturated carbocycles. The number of thiazole rings is 1. The van der Waals surface area contributed by atoms with Gasteiger partial charge in [-0.2, -0.15) is 0 Å². The Morgan fingerprint density at radius 3 is 2.75 bits per heavy atom. The number of hydrogen-bond donors (Lipinski definition) is 1. The minimum Gasteiger partial charge on any atom is -0.329 e. The Labute approximate surface area is 99.5 Å². The van der Waals surface area contributed by atoms with E-state index in [1.807, 2.05) is 17.2 Å². The lowest BCUT2D eigenvalue weighted by molar-refractivity contribution is -0.135. The smallest absolute Gasteiger partial charge is 0.240 e. The number of rotatable bonds is 4. The Morgan fingerprint density at radius 2 is 2.31 bits per heavy atom. The van der Waals surface area contributed by atoms with Gasteiger partial charge in [0.1, 0.15) is 5.01 Å². The van der Waals surface area contributed by atoms with Crippen LogP contribution in [0.2, 0.25) is 0 Å². The number of carbonyl (C=O) groups excluding carboxylic acids is 1. The number of aromatic nitrogens is 1. The molecule has 1 fully saturated rings. The fourth-order valence-electron chi connectivity index (χ4n) is 1.83. The van der Waals surface area contributed by atoms with E-state index in [1.54, 1.807) is 24.5 Å². The largest absolute Gasteiger partial charge is 0.329 e. The van der Waals surface area contributed by atoms with Gasteiger partial charge in [-0.3, -0.25) is 4.79 Å². The molecule has 1 heterocycles. The van der Waals surface area contributed by atoms with Crippen LogP contribution in [0.3, 0.4) is 0 Å². The molecule has 88 valence electrons. The van der Waals surface area contributed by atoms with E-state index in [2.05, 4.69) is 4.98 Å². The number of carbonyl (C=O) groups is 1. The monoisotopic (exact) mass is 239 g/mol. The molecular formula is C11H17N3OS. The van der Waals surface area contributed by atoms with Gasteiger partial charge in [0.15, 0.2) is 0 Å². The summed E-state index contributed by atoms with van der Waals surface area (Å²) in [6.07, 6.45) is 3.96. The van der Waals surface area contributed by atoms with E-state index in [-0.39, 0.29) is 11.9 Å². The molecule has 5 heteroatoms. The van der Waals surface area contributed by atoms with Gasteiger partial charge in [0, 0.05) is 17.6 Å². The van der Waals surface area contributed by atoms with Gasteiger partial charge in [-0.05, 0) is 26.7 Å². The zero-order valence-electron chi connectivity index (χ0n) is 9.59. The molecule has 0 spiro atoms. The van der Waals surface area contributed by atoms with Crippen LogP contribution in [0.15, 0.2) is 11.6 Å². The molecule has 2 N–H and O–H groups in total. The van der Waals surface area contributed by atoms with E-state index in [1.165, 1.54) is 0 Å². The first-order chi connectivity index (χ1) is 7.61. The van der Waals surface area contributed by atoms with Gasteiger partial charge in [-0.15, -0.1) is 11.3 Å². The van der Waals surface area contributed by atoms with E-state index >= 15 is 0 Å². The molecule has 1 unspecified atom stereocenters. The van der Waals surface area contributed by atoms with Gasteiger partial charge in [0.05, 0.1) is 12.1 Å². The third-order valence-electron chi connectivity index (χ3n) is 2.81.